The molecule has 0 heterocycles. The molecule has 2 rings (SSSR count). The summed E-state index contributed by atoms with van der Waals surface area (Å²) in [5.74, 6) is -0.824. The van der Waals surface area contributed by atoms with E-state index in [9.17, 15) is 13.9 Å². The van der Waals surface area contributed by atoms with Gasteiger partial charge in [0, 0.05) is 21.7 Å². The van der Waals surface area contributed by atoms with E-state index in [1.54, 1.807) is 25.1 Å². The van der Waals surface area contributed by atoms with Crippen LogP contribution < -0.4 is 4.74 Å². The molecular weight excluding hydrogens is 330 g/mol. The highest BCUT2D eigenvalue weighted by atomic mass is 79.9. The van der Waals surface area contributed by atoms with Crippen LogP contribution in [0.2, 0.25) is 0 Å². The summed E-state index contributed by atoms with van der Waals surface area (Å²) in [6.45, 7) is 1.58. The first kappa shape index (κ1) is 14.9. The molecule has 0 aliphatic carbocycles. The summed E-state index contributed by atoms with van der Waals surface area (Å²) in [5, 5.41) is 9.66. The lowest BCUT2D eigenvalue weighted by molar-refractivity contribution is 0.190. The lowest BCUT2D eigenvalue weighted by atomic mass is 10.1. The Hall–Kier alpha value is -1.46. The van der Waals surface area contributed by atoms with Crippen molar-refractivity contribution in [3.05, 3.63) is 63.6 Å². The molecule has 0 spiro atoms. The smallest absolute Gasteiger partial charge is 0.132 e. The van der Waals surface area contributed by atoms with Gasteiger partial charge in [0.15, 0.2) is 0 Å². The zero-order valence-electron chi connectivity index (χ0n) is 10.7. The van der Waals surface area contributed by atoms with Crippen molar-refractivity contribution in [3.8, 4) is 5.75 Å². The standard InChI is InChI=1S/C15H13BrF2O2/c1-9(19)13-5-3-11(16)6-15(13)20-8-10-2-4-12(17)7-14(10)18/h2-7,9,19H,8H2,1H3/t9-/m1/s1. The Morgan fingerprint density at radius 2 is 1.95 bits per heavy atom. The molecule has 106 valence electrons. The molecular formula is C15H13BrF2O2. The average molecular weight is 343 g/mol. The van der Waals surface area contributed by atoms with Gasteiger partial charge in [-0.05, 0) is 31.2 Å². The van der Waals surface area contributed by atoms with Crippen LogP contribution in [0.4, 0.5) is 8.78 Å². The van der Waals surface area contributed by atoms with Gasteiger partial charge < -0.3 is 9.84 Å². The zero-order valence-corrected chi connectivity index (χ0v) is 12.3. The summed E-state index contributed by atoms with van der Waals surface area (Å²) in [6, 6.07) is 8.54. The first-order valence-corrected chi connectivity index (χ1v) is 6.81. The molecule has 0 saturated carbocycles. The predicted octanol–water partition coefficient (Wildman–Crippen LogP) is 4.36. The van der Waals surface area contributed by atoms with Crippen LogP contribution in [0.5, 0.6) is 5.75 Å². The highest BCUT2D eigenvalue weighted by molar-refractivity contribution is 9.10. The Bertz CT molecular complexity index is 615. The molecule has 0 bridgehead atoms. The van der Waals surface area contributed by atoms with E-state index >= 15 is 0 Å². The molecule has 1 N–H and O–H groups in total. The fourth-order valence-corrected chi connectivity index (χ4v) is 2.11. The zero-order chi connectivity index (χ0) is 14.7. The van der Waals surface area contributed by atoms with Crippen LogP contribution in [-0.2, 0) is 6.61 Å². The highest BCUT2D eigenvalue weighted by Gasteiger charge is 2.11. The molecule has 20 heavy (non-hydrogen) atoms. The number of rotatable bonds is 4. The predicted molar refractivity (Wildman–Crippen MR) is 75.5 cm³/mol. The Kier molecular flexibility index (Phi) is 4.73. The van der Waals surface area contributed by atoms with E-state index in [-0.39, 0.29) is 12.2 Å². The number of hydrogen-bond acceptors (Lipinski definition) is 2. The molecule has 5 heteroatoms. The highest BCUT2D eigenvalue weighted by Crippen LogP contribution is 2.29. The van der Waals surface area contributed by atoms with Crippen molar-refractivity contribution in [3.63, 3.8) is 0 Å². The molecule has 0 aromatic heterocycles. The van der Waals surface area contributed by atoms with Gasteiger partial charge >= 0.3 is 0 Å². The Morgan fingerprint density at radius 3 is 2.60 bits per heavy atom. The molecule has 0 aliphatic rings. The van der Waals surface area contributed by atoms with E-state index in [1.165, 1.54) is 12.1 Å². The Balaban J connectivity index is 2.20. The van der Waals surface area contributed by atoms with Crippen molar-refractivity contribution in [1.29, 1.82) is 0 Å². The lowest BCUT2D eigenvalue weighted by Gasteiger charge is -2.14. The van der Waals surface area contributed by atoms with E-state index in [0.29, 0.717) is 11.3 Å². The van der Waals surface area contributed by atoms with Gasteiger partial charge in [-0.3, -0.25) is 0 Å². The van der Waals surface area contributed by atoms with Gasteiger partial charge in [-0.2, -0.15) is 0 Å². The number of hydrogen-bond donors (Lipinski definition) is 1. The van der Waals surface area contributed by atoms with Crippen molar-refractivity contribution in [2.75, 3.05) is 0 Å². The third-order valence-corrected chi connectivity index (χ3v) is 3.32. The fraction of sp³-hybridized carbons (Fsp3) is 0.200. The van der Waals surface area contributed by atoms with Crippen LogP contribution in [0.3, 0.4) is 0 Å². The quantitative estimate of drug-likeness (QED) is 0.894. The van der Waals surface area contributed by atoms with Gasteiger partial charge in [0.1, 0.15) is 24.0 Å². The molecule has 0 fully saturated rings. The largest absolute Gasteiger partial charge is 0.488 e. The monoisotopic (exact) mass is 342 g/mol. The number of halogens is 3. The minimum absolute atomic E-state index is 0.0394. The van der Waals surface area contributed by atoms with E-state index in [4.69, 9.17) is 4.74 Å². The minimum Gasteiger partial charge on any atom is -0.488 e. The van der Waals surface area contributed by atoms with Crippen LogP contribution in [0.15, 0.2) is 40.9 Å². The Morgan fingerprint density at radius 1 is 1.20 bits per heavy atom. The van der Waals surface area contributed by atoms with Crippen LogP contribution >= 0.6 is 15.9 Å². The van der Waals surface area contributed by atoms with E-state index < -0.39 is 17.7 Å². The Labute approximate surface area is 124 Å². The van der Waals surface area contributed by atoms with Gasteiger partial charge in [-0.1, -0.05) is 22.0 Å². The van der Waals surface area contributed by atoms with Gasteiger partial charge in [0.2, 0.25) is 0 Å². The second-order valence-electron chi connectivity index (χ2n) is 4.38. The summed E-state index contributed by atoms with van der Waals surface area (Å²) in [6.07, 6.45) is -0.698. The van der Waals surface area contributed by atoms with Crippen LogP contribution in [-0.4, -0.2) is 5.11 Å². The van der Waals surface area contributed by atoms with Gasteiger partial charge in [0.05, 0.1) is 6.10 Å². The lowest BCUT2D eigenvalue weighted by Crippen LogP contribution is -2.03. The summed E-state index contributed by atoms with van der Waals surface area (Å²) >= 11 is 3.31. The van der Waals surface area contributed by atoms with Crippen molar-refractivity contribution in [1.82, 2.24) is 0 Å². The number of aliphatic hydroxyl groups is 1. The molecule has 2 aromatic rings. The third-order valence-electron chi connectivity index (χ3n) is 2.82. The number of aliphatic hydroxyl groups excluding tert-OH is 1. The van der Waals surface area contributed by atoms with E-state index in [0.717, 1.165) is 10.5 Å². The first-order valence-electron chi connectivity index (χ1n) is 6.01. The van der Waals surface area contributed by atoms with Gasteiger partial charge in [-0.15, -0.1) is 0 Å². The molecule has 0 saturated heterocycles. The fourth-order valence-electron chi connectivity index (χ4n) is 1.77. The van der Waals surface area contributed by atoms with Crippen LogP contribution in [0.25, 0.3) is 0 Å². The molecule has 1 atom stereocenters. The third kappa shape index (κ3) is 3.55. The van der Waals surface area contributed by atoms with E-state index in [2.05, 4.69) is 15.9 Å². The second kappa shape index (κ2) is 6.33. The average Bonchev–Trinajstić information content (AvgIpc) is 2.37. The minimum atomic E-state index is -0.698. The normalized spacial score (nSPS) is 12.2. The maximum Gasteiger partial charge on any atom is 0.132 e. The van der Waals surface area contributed by atoms with Crippen molar-refractivity contribution < 1.29 is 18.6 Å². The van der Waals surface area contributed by atoms with Gasteiger partial charge in [-0.25, -0.2) is 8.78 Å². The number of benzene rings is 2. The maximum atomic E-state index is 13.5. The van der Waals surface area contributed by atoms with Crippen LogP contribution in [0, 0.1) is 11.6 Å². The molecule has 2 nitrogen and oxygen atoms in total. The maximum absolute atomic E-state index is 13.5. The second-order valence-corrected chi connectivity index (χ2v) is 5.30. The summed E-state index contributed by atoms with van der Waals surface area (Å²) in [7, 11) is 0. The molecule has 0 unspecified atom stereocenters. The first-order chi connectivity index (χ1) is 9.47. The van der Waals surface area contributed by atoms with Crippen LogP contribution in [0.1, 0.15) is 24.2 Å². The summed E-state index contributed by atoms with van der Waals surface area (Å²) in [4.78, 5) is 0. The van der Waals surface area contributed by atoms with Gasteiger partial charge in [0.25, 0.3) is 0 Å². The van der Waals surface area contributed by atoms with Crippen molar-refractivity contribution >= 4 is 15.9 Å². The number of ether oxygens (including phenoxy) is 1. The SMILES string of the molecule is C[C@@H](O)c1ccc(Br)cc1OCc1ccc(F)cc1F. The molecule has 0 radical (unpaired) electrons. The molecule has 0 aliphatic heterocycles. The van der Waals surface area contributed by atoms with Crippen molar-refractivity contribution in [2.24, 2.45) is 0 Å². The van der Waals surface area contributed by atoms with Crippen molar-refractivity contribution in [2.45, 2.75) is 19.6 Å². The topological polar surface area (TPSA) is 29.5 Å². The molecule has 2 aromatic carbocycles. The summed E-state index contributed by atoms with van der Waals surface area (Å²) in [5.41, 5.74) is 0.860. The van der Waals surface area contributed by atoms with E-state index in [1.807, 2.05) is 0 Å². The molecule has 0 amide bonds. The summed E-state index contributed by atoms with van der Waals surface area (Å²) < 4.78 is 32.6.